The van der Waals surface area contributed by atoms with Gasteiger partial charge in [0.1, 0.15) is 0 Å². The van der Waals surface area contributed by atoms with E-state index in [9.17, 15) is 4.79 Å². The van der Waals surface area contributed by atoms with E-state index in [1.165, 1.54) is 0 Å². The van der Waals surface area contributed by atoms with Gasteiger partial charge in [-0.15, -0.1) is 0 Å². The molecule has 108 valence electrons. The Labute approximate surface area is 118 Å². The van der Waals surface area contributed by atoms with Crippen LogP contribution in [0.1, 0.15) is 28.7 Å². The molecule has 1 N–H and O–H groups in total. The van der Waals surface area contributed by atoms with Crippen LogP contribution in [0.4, 0.5) is 0 Å². The van der Waals surface area contributed by atoms with E-state index in [2.05, 4.69) is 15.4 Å². The number of carbonyl (C=O) groups is 1. The van der Waals surface area contributed by atoms with Gasteiger partial charge in [0.2, 0.25) is 0 Å². The average Bonchev–Trinajstić information content (AvgIpc) is 2.63. The van der Waals surface area contributed by atoms with E-state index in [0.717, 1.165) is 16.7 Å². The fraction of sp³-hybridized carbons (Fsp3) is 0.500. The number of nitrogens with zero attached hydrogens (tertiary/aromatic N) is 3. The van der Waals surface area contributed by atoms with Crippen molar-refractivity contribution in [1.82, 2.24) is 20.1 Å². The molecule has 0 bridgehead atoms. The first-order chi connectivity index (χ1) is 9.43. The molecule has 2 aromatic heterocycles. The van der Waals surface area contributed by atoms with Crippen LogP contribution < -0.4 is 5.32 Å². The third-order valence-corrected chi connectivity index (χ3v) is 3.23. The number of hydrogen-bond donors (Lipinski definition) is 1. The van der Waals surface area contributed by atoms with Crippen molar-refractivity contribution in [1.29, 1.82) is 0 Å². The van der Waals surface area contributed by atoms with E-state index in [0.29, 0.717) is 17.9 Å². The largest absolute Gasteiger partial charge is 0.383 e. The molecule has 0 aliphatic rings. The molecular weight excluding hydrogens is 256 g/mol. The molecule has 0 radical (unpaired) electrons. The second kappa shape index (κ2) is 5.58. The van der Waals surface area contributed by atoms with Gasteiger partial charge >= 0.3 is 0 Å². The molecule has 20 heavy (non-hydrogen) atoms. The van der Waals surface area contributed by atoms with E-state index < -0.39 is 0 Å². The summed E-state index contributed by atoms with van der Waals surface area (Å²) in [5, 5.41) is 8.13. The molecule has 1 unspecified atom stereocenters. The van der Waals surface area contributed by atoms with Crippen molar-refractivity contribution < 1.29 is 9.53 Å². The first kappa shape index (κ1) is 14.5. The number of ether oxygens (including phenoxy) is 1. The number of aryl methyl sites for hydroxylation is 3. The van der Waals surface area contributed by atoms with Crippen LogP contribution in [0.15, 0.2) is 6.07 Å². The third kappa shape index (κ3) is 2.65. The number of methoxy groups -OCH3 is 1. The number of hydrogen-bond acceptors (Lipinski definition) is 4. The molecule has 0 saturated heterocycles. The number of rotatable bonds is 4. The van der Waals surface area contributed by atoms with Gasteiger partial charge in [0.05, 0.1) is 23.6 Å². The lowest BCUT2D eigenvalue weighted by Crippen LogP contribution is -2.36. The number of pyridine rings is 1. The highest BCUT2D eigenvalue weighted by Gasteiger charge is 2.16. The van der Waals surface area contributed by atoms with Crippen molar-refractivity contribution in [2.45, 2.75) is 26.8 Å². The van der Waals surface area contributed by atoms with Crippen molar-refractivity contribution in [2.24, 2.45) is 7.05 Å². The summed E-state index contributed by atoms with van der Waals surface area (Å²) in [6.07, 6.45) is 0. The van der Waals surface area contributed by atoms with Crippen LogP contribution >= 0.6 is 0 Å². The summed E-state index contributed by atoms with van der Waals surface area (Å²) in [5.41, 5.74) is 2.94. The first-order valence-corrected chi connectivity index (χ1v) is 6.54. The first-order valence-electron chi connectivity index (χ1n) is 6.54. The predicted molar refractivity (Wildman–Crippen MR) is 76.8 cm³/mol. The Balaban J connectivity index is 2.36. The van der Waals surface area contributed by atoms with Gasteiger partial charge in [0.15, 0.2) is 5.65 Å². The standard InChI is InChI=1S/C14H20N4O2/c1-8(7-20-5)15-14(19)12-6-11-10(3)17-18(4)13(11)16-9(12)2/h6,8H,7H2,1-5H3,(H,15,19). The molecule has 0 saturated carbocycles. The Bertz CT molecular complexity index is 648. The number of nitrogens with one attached hydrogen (secondary N) is 1. The molecule has 0 fully saturated rings. The van der Waals surface area contributed by atoms with Crippen molar-refractivity contribution in [3.8, 4) is 0 Å². The van der Waals surface area contributed by atoms with Gasteiger partial charge < -0.3 is 10.1 Å². The third-order valence-electron chi connectivity index (χ3n) is 3.23. The molecule has 1 amide bonds. The minimum absolute atomic E-state index is 0.0439. The normalized spacial score (nSPS) is 12.7. The van der Waals surface area contributed by atoms with Crippen molar-refractivity contribution >= 4 is 16.9 Å². The number of aromatic nitrogens is 3. The minimum Gasteiger partial charge on any atom is -0.383 e. The van der Waals surface area contributed by atoms with Gasteiger partial charge in [-0.1, -0.05) is 0 Å². The minimum atomic E-state index is -0.135. The summed E-state index contributed by atoms with van der Waals surface area (Å²) >= 11 is 0. The molecular formula is C14H20N4O2. The lowest BCUT2D eigenvalue weighted by molar-refractivity contribution is 0.0904. The summed E-state index contributed by atoms with van der Waals surface area (Å²) in [4.78, 5) is 16.8. The van der Waals surface area contributed by atoms with Crippen LogP contribution in [0.2, 0.25) is 0 Å². The molecule has 0 spiro atoms. The Morgan fingerprint density at radius 1 is 1.45 bits per heavy atom. The highest BCUT2D eigenvalue weighted by Crippen LogP contribution is 2.19. The summed E-state index contributed by atoms with van der Waals surface area (Å²) in [6, 6.07) is 1.81. The van der Waals surface area contributed by atoms with E-state index in [1.807, 2.05) is 33.9 Å². The van der Waals surface area contributed by atoms with Crippen LogP contribution in [0.5, 0.6) is 0 Å². The number of carbonyl (C=O) groups excluding carboxylic acids is 1. The average molecular weight is 276 g/mol. The summed E-state index contributed by atoms with van der Waals surface area (Å²) in [7, 11) is 3.46. The zero-order chi connectivity index (χ0) is 14.9. The topological polar surface area (TPSA) is 69.0 Å². The fourth-order valence-corrected chi connectivity index (χ4v) is 2.25. The van der Waals surface area contributed by atoms with Gasteiger partial charge in [0, 0.05) is 25.6 Å². The predicted octanol–water partition coefficient (Wildman–Crippen LogP) is 1.35. The second-order valence-corrected chi connectivity index (χ2v) is 5.03. The van der Waals surface area contributed by atoms with Gasteiger partial charge in [-0.25, -0.2) is 4.98 Å². The van der Waals surface area contributed by atoms with E-state index in [1.54, 1.807) is 11.8 Å². The number of amides is 1. The summed E-state index contributed by atoms with van der Waals surface area (Å²) < 4.78 is 6.75. The molecule has 0 aliphatic carbocycles. The van der Waals surface area contributed by atoms with E-state index in [4.69, 9.17) is 4.74 Å². The van der Waals surface area contributed by atoms with Crippen LogP contribution in [0.3, 0.4) is 0 Å². The van der Waals surface area contributed by atoms with Crippen molar-refractivity contribution in [3.05, 3.63) is 23.0 Å². The van der Waals surface area contributed by atoms with E-state index >= 15 is 0 Å². The van der Waals surface area contributed by atoms with Crippen LogP contribution in [0, 0.1) is 13.8 Å². The Morgan fingerprint density at radius 3 is 2.80 bits per heavy atom. The maximum atomic E-state index is 12.3. The molecule has 6 heteroatoms. The molecule has 2 heterocycles. The Morgan fingerprint density at radius 2 is 2.15 bits per heavy atom. The smallest absolute Gasteiger partial charge is 0.253 e. The SMILES string of the molecule is COCC(C)NC(=O)c1cc2c(C)nn(C)c2nc1C. The van der Waals surface area contributed by atoms with Crippen LogP contribution in [-0.4, -0.2) is 40.4 Å². The van der Waals surface area contributed by atoms with E-state index in [-0.39, 0.29) is 11.9 Å². The Hall–Kier alpha value is -1.95. The van der Waals surface area contributed by atoms with Gasteiger partial charge in [-0.3, -0.25) is 9.48 Å². The lowest BCUT2D eigenvalue weighted by atomic mass is 10.1. The summed E-state index contributed by atoms with van der Waals surface area (Å²) in [5.74, 6) is -0.135. The zero-order valence-electron chi connectivity index (χ0n) is 12.5. The Kier molecular flexibility index (Phi) is 4.04. The molecule has 2 aromatic rings. The molecule has 0 aromatic carbocycles. The van der Waals surface area contributed by atoms with Gasteiger partial charge in [-0.05, 0) is 26.8 Å². The highest BCUT2D eigenvalue weighted by atomic mass is 16.5. The quantitative estimate of drug-likeness (QED) is 0.915. The summed E-state index contributed by atoms with van der Waals surface area (Å²) in [6.45, 7) is 6.12. The maximum absolute atomic E-state index is 12.3. The molecule has 1 atom stereocenters. The van der Waals surface area contributed by atoms with Crippen LogP contribution in [-0.2, 0) is 11.8 Å². The van der Waals surface area contributed by atoms with Gasteiger partial charge in [0.25, 0.3) is 5.91 Å². The van der Waals surface area contributed by atoms with Crippen molar-refractivity contribution in [2.75, 3.05) is 13.7 Å². The van der Waals surface area contributed by atoms with Crippen molar-refractivity contribution in [3.63, 3.8) is 0 Å². The lowest BCUT2D eigenvalue weighted by Gasteiger charge is -2.13. The second-order valence-electron chi connectivity index (χ2n) is 5.03. The monoisotopic (exact) mass is 276 g/mol. The van der Waals surface area contributed by atoms with Crippen LogP contribution in [0.25, 0.3) is 11.0 Å². The zero-order valence-corrected chi connectivity index (χ0v) is 12.5. The molecule has 0 aliphatic heterocycles. The fourth-order valence-electron chi connectivity index (χ4n) is 2.25. The molecule has 6 nitrogen and oxygen atoms in total. The number of fused-ring (bicyclic) bond motifs is 1. The van der Waals surface area contributed by atoms with Gasteiger partial charge in [-0.2, -0.15) is 5.10 Å². The molecule has 2 rings (SSSR count). The highest BCUT2D eigenvalue weighted by molar-refractivity contribution is 5.98. The maximum Gasteiger partial charge on any atom is 0.253 e.